The Hall–Kier alpha value is -2.72. The molecule has 166 valence electrons. The number of non-ortho nitro benzene ring substituents is 1. The molecule has 0 spiro atoms. The molecule has 1 saturated heterocycles. The van der Waals surface area contributed by atoms with E-state index in [9.17, 15) is 24.8 Å². The topological polar surface area (TPSA) is 122 Å². The van der Waals surface area contributed by atoms with E-state index >= 15 is 0 Å². The van der Waals surface area contributed by atoms with Gasteiger partial charge < -0.3 is 14.7 Å². The molecule has 0 radical (unpaired) electrons. The molecule has 9 nitrogen and oxygen atoms in total. The molecule has 3 rings (SSSR count). The van der Waals surface area contributed by atoms with E-state index in [1.54, 1.807) is 6.92 Å². The SMILES string of the molecule is CC(C)=NCCSC1=C(C(=O)OCc2ccc([N+](=O)[O-])cc2)N2C(=O)[C@H]([C@@H](C)O)[C@@H]2C1. The van der Waals surface area contributed by atoms with Crippen molar-refractivity contribution in [3.63, 3.8) is 0 Å². The van der Waals surface area contributed by atoms with Gasteiger partial charge >= 0.3 is 5.97 Å². The van der Waals surface area contributed by atoms with Crippen LogP contribution < -0.4 is 0 Å². The Labute approximate surface area is 184 Å². The molecule has 1 fully saturated rings. The summed E-state index contributed by atoms with van der Waals surface area (Å²) in [7, 11) is 0. The molecule has 0 bridgehead atoms. The van der Waals surface area contributed by atoms with Crippen molar-refractivity contribution in [1.82, 2.24) is 4.90 Å². The predicted octanol–water partition coefficient (Wildman–Crippen LogP) is 2.68. The number of esters is 1. The molecular formula is C21H25N3O6S. The Bertz CT molecular complexity index is 937. The number of amides is 1. The van der Waals surface area contributed by atoms with E-state index in [0.717, 1.165) is 10.6 Å². The Morgan fingerprint density at radius 1 is 1.39 bits per heavy atom. The number of carbonyl (C=O) groups is 2. The predicted molar refractivity (Wildman–Crippen MR) is 116 cm³/mol. The quantitative estimate of drug-likeness (QED) is 0.154. The smallest absolute Gasteiger partial charge is 0.356 e. The summed E-state index contributed by atoms with van der Waals surface area (Å²) in [5.41, 5.74) is 1.76. The second-order valence-electron chi connectivity index (χ2n) is 7.69. The lowest BCUT2D eigenvalue weighted by atomic mass is 9.83. The first-order chi connectivity index (χ1) is 14.7. The number of ether oxygens (including phenoxy) is 1. The fourth-order valence-corrected chi connectivity index (χ4v) is 4.75. The van der Waals surface area contributed by atoms with Crippen LogP contribution in [-0.4, -0.2) is 57.0 Å². The number of thioether (sulfide) groups is 1. The zero-order valence-electron chi connectivity index (χ0n) is 17.6. The van der Waals surface area contributed by atoms with Gasteiger partial charge in [0, 0.05) is 41.5 Å². The van der Waals surface area contributed by atoms with Crippen LogP contribution >= 0.6 is 11.8 Å². The second-order valence-corrected chi connectivity index (χ2v) is 8.88. The second kappa shape index (κ2) is 9.61. The van der Waals surface area contributed by atoms with Crippen LogP contribution in [0.25, 0.3) is 0 Å². The van der Waals surface area contributed by atoms with Crippen molar-refractivity contribution >= 4 is 35.0 Å². The summed E-state index contributed by atoms with van der Waals surface area (Å²) < 4.78 is 5.42. The van der Waals surface area contributed by atoms with E-state index in [4.69, 9.17) is 4.74 Å². The van der Waals surface area contributed by atoms with E-state index in [2.05, 4.69) is 4.99 Å². The first kappa shape index (κ1) is 23.0. The summed E-state index contributed by atoms with van der Waals surface area (Å²) in [5, 5.41) is 20.7. The van der Waals surface area contributed by atoms with Crippen LogP contribution in [0.15, 0.2) is 39.9 Å². The third kappa shape index (κ3) is 4.96. The van der Waals surface area contributed by atoms with Gasteiger partial charge in [-0.25, -0.2) is 4.79 Å². The summed E-state index contributed by atoms with van der Waals surface area (Å²) in [4.78, 5) is 42.3. The average Bonchev–Trinajstić information content (AvgIpc) is 3.03. The molecule has 1 N–H and O–H groups in total. The molecule has 1 amide bonds. The van der Waals surface area contributed by atoms with Gasteiger partial charge in [0.1, 0.15) is 12.3 Å². The van der Waals surface area contributed by atoms with Crippen molar-refractivity contribution in [3.05, 3.63) is 50.5 Å². The molecule has 2 aliphatic rings. The number of fused-ring (bicyclic) bond motifs is 1. The summed E-state index contributed by atoms with van der Waals surface area (Å²) in [6.45, 7) is 5.94. The van der Waals surface area contributed by atoms with Gasteiger partial charge in [-0.3, -0.25) is 19.9 Å². The third-order valence-corrected chi connectivity index (χ3v) is 6.29. The maximum Gasteiger partial charge on any atom is 0.356 e. The zero-order valence-corrected chi connectivity index (χ0v) is 18.4. The number of aliphatic hydroxyl groups excluding tert-OH is 1. The van der Waals surface area contributed by atoms with Gasteiger partial charge in [0.25, 0.3) is 5.69 Å². The molecule has 31 heavy (non-hydrogen) atoms. The number of hydrogen-bond donors (Lipinski definition) is 1. The minimum atomic E-state index is -0.789. The minimum absolute atomic E-state index is 0.0459. The van der Waals surface area contributed by atoms with Crippen molar-refractivity contribution in [3.8, 4) is 0 Å². The molecule has 0 aromatic heterocycles. The molecule has 2 heterocycles. The summed E-state index contributed by atoms with van der Waals surface area (Å²) >= 11 is 1.47. The summed E-state index contributed by atoms with van der Waals surface area (Å²) in [6.07, 6.45) is -0.286. The highest BCUT2D eigenvalue weighted by atomic mass is 32.2. The summed E-state index contributed by atoms with van der Waals surface area (Å²) in [6, 6.07) is 5.50. The van der Waals surface area contributed by atoms with E-state index < -0.39 is 22.9 Å². The third-order valence-electron chi connectivity index (χ3n) is 5.19. The maximum absolute atomic E-state index is 12.9. The highest BCUT2D eigenvalue weighted by Crippen LogP contribution is 2.47. The lowest BCUT2D eigenvalue weighted by molar-refractivity contribution is -0.384. The molecule has 10 heteroatoms. The molecule has 0 unspecified atom stereocenters. The number of benzene rings is 1. The zero-order chi connectivity index (χ0) is 22.7. The van der Waals surface area contributed by atoms with Crippen molar-refractivity contribution < 1.29 is 24.4 Å². The van der Waals surface area contributed by atoms with Crippen LogP contribution in [0.5, 0.6) is 0 Å². The highest BCUT2D eigenvalue weighted by molar-refractivity contribution is 8.03. The van der Waals surface area contributed by atoms with Crippen LogP contribution in [0.2, 0.25) is 0 Å². The molecule has 1 aromatic rings. The van der Waals surface area contributed by atoms with Crippen LogP contribution in [0.4, 0.5) is 5.69 Å². The standard InChI is InChI=1S/C21H25N3O6S/c1-12(2)22-8-9-31-17-10-16-18(13(3)25)20(26)23(16)19(17)21(27)30-11-14-4-6-15(7-5-14)24(28)29/h4-7,13,16,18,25H,8-11H2,1-3H3/t13-,16+,18-/m1/s1. The number of nitro benzene ring substituents is 1. The Morgan fingerprint density at radius 2 is 2.06 bits per heavy atom. The minimum Gasteiger partial charge on any atom is -0.456 e. The van der Waals surface area contributed by atoms with Gasteiger partial charge in [-0.2, -0.15) is 0 Å². The number of carbonyl (C=O) groups excluding carboxylic acids is 2. The number of hydrogen-bond acceptors (Lipinski definition) is 8. The van der Waals surface area contributed by atoms with Gasteiger partial charge in [-0.1, -0.05) is 0 Å². The lowest BCUT2D eigenvalue weighted by Gasteiger charge is -2.44. The van der Waals surface area contributed by atoms with E-state index in [0.29, 0.717) is 24.3 Å². The van der Waals surface area contributed by atoms with E-state index in [-0.39, 0.29) is 29.9 Å². The van der Waals surface area contributed by atoms with Crippen LogP contribution in [-0.2, 0) is 20.9 Å². The average molecular weight is 448 g/mol. The van der Waals surface area contributed by atoms with E-state index in [1.807, 2.05) is 13.8 Å². The number of nitrogens with zero attached hydrogens (tertiary/aromatic N) is 3. The lowest BCUT2D eigenvalue weighted by Crippen LogP contribution is -2.61. The first-order valence-corrected chi connectivity index (χ1v) is 10.9. The number of aliphatic imine (C=N–C) groups is 1. The molecule has 0 saturated carbocycles. The largest absolute Gasteiger partial charge is 0.456 e. The van der Waals surface area contributed by atoms with Crippen molar-refractivity contribution in [1.29, 1.82) is 0 Å². The molecule has 2 aliphatic heterocycles. The van der Waals surface area contributed by atoms with Crippen molar-refractivity contribution in [2.75, 3.05) is 12.3 Å². The summed E-state index contributed by atoms with van der Waals surface area (Å²) in [5.74, 6) is -0.754. The van der Waals surface area contributed by atoms with Gasteiger partial charge in [-0.15, -0.1) is 11.8 Å². The normalized spacial score (nSPS) is 20.8. The monoisotopic (exact) mass is 447 g/mol. The Morgan fingerprint density at radius 3 is 2.65 bits per heavy atom. The highest BCUT2D eigenvalue weighted by Gasteiger charge is 2.56. The maximum atomic E-state index is 12.9. The van der Waals surface area contributed by atoms with Gasteiger partial charge in [0.15, 0.2) is 0 Å². The number of nitro groups is 1. The molecule has 3 atom stereocenters. The van der Waals surface area contributed by atoms with Gasteiger partial charge in [0.05, 0.1) is 23.0 Å². The molecule has 0 aliphatic carbocycles. The number of β-lactam (4-membered cyclic amide) rings is 1. The number of rotatable bonds is 9. The number of aliphatic hydroxyl groups is 1. The van der Waals surface area contributed by atoms with Crippen LogP contribution in [0, 0.1) is 16.0 Å². The van der Waals surface area contributed by atoms with Crippen molar-refractivity contribution in [2.45, 2.75) is 45.9 Å². The molecule has 1 aromatic carbocycles. The van der Waals surface area contributed by atoms with Gasteiger partial charge in [0.2, 0.25) is 5.91 Å². The van der Waals surface area contributed by atoms with Crippen LogP contribution in [0.3, 0.4) is 0 Å². The van der Waals surface area contributed by atoms with E-state index in [1.165, 1.54) is 40.9 Å². The Kier molecular flexibility index (Phi) is 7.11. The first-order valence-electron chi connectivity index (χ1n) is 9.96. The fourth-order valence-electron chi connectivity index (χ4n) is 3.72. The fraction of sp³-hybridized carbons (Fsp3) is 0.476. The van der Waals surface area contributed by atoms with Crippen molar-refractivity contribution in [2.24, 2.45) is 10.9 Å². The van der Waals surface area contributed by atoms with Gasteiger partial charge in [-0.05, 0) is 38.5 Å². The van der Waals surface area contributed by atoms with Crippen LogP contribution in [0.1, 0.15) is 32.8 Å². The molecular weight excluding hydrogens is 422 g/mol. The Balaban J connectivity index is 1.71.